The molecule has 2 N–H and O–H groups in total. The van der Waals surface area contributed by atoms with E-state index >= 15 is 0 Å². The molecule has 2 aromatic rings. The first kappa shape index (κ1) is 18.0. The van der Waals surface area contributed by atoms with Gasteiger partial charge >= 0.3 is 0 Å². The Bertz CT molecular complexity index is 697. The standard InChI is InChI=1S/C17H22N4O2S2/c22-15(18-9-8-13-5-2-1-3-6-13)12-24-17-21-20-16(25-17)19-11-14-7-4-10-23-14/h4-5,7,10H,1-3,6,8-9,11-12H2,(H,18,22)(H,19,20). The van der Waals surface area contributed by atoms with Crippen LogP contribution >= 0.6 is 23.1 Å². The topological polar surface area (TPSA) is 80.1 Å². The van der Waals surface area contributed by atoms with Gasteiger partial charge in [-0.2, -0.15) is 0 Å². The molecule has 2 aromatic heterocycles. The molecule has 0 fully saturated rings. The Hall–Kier alpha value is -1.80. The molecular weight excluding hydrogens is 356 g/mol. The van der Waals surface area contributed by atoms with Gasteiger partial charge in [-0.25, -0.2) is 0 Å². The van der Waals surface area contributed by atoms with Crippen LogP contribution in [0, 0.1) is 0 Å². The minimum absolute atomic E-state index is 0.0432. The number of amides is 1. The second-order valence-corrected chi connectivity index (χ2v) is 8.00. The normalized spacial score (nSPS) is 14.2. The minimum atomic E-state index is 0.0432. The van der Waals surface area contributed by atoms with Crippen molar-refractivity contribution in [3.05, 3.63) is 35.8 Å². The first-order valence-corrected chi connectivity index (χ1v) is 10.3. The summed E-state index contributed by atoms with van der Waals surface area (Å²) < 4.78 is 6.04. The summed E-state index contributed by atoms with van der Waals surface area (Å²) in [4.78, 5) is 11.9. The third-order valence-electron chi connectivity index (χ3n) is 3.88. The molecule has 6 nitrogen and oxygen atoms in total. The lowest BCUT2D eigenvalue weighted by Crippen LogP contribution is -2.26. The summed E-state index contributed by atoms with van der Waals surface area (Å²) in [5, 5.41) is 15.0. The van der Waals surface area contributed by atoms with Crippen molar-refractivity contribution in [3.8, 4) is 0 Å². The lowest BCUT2D eigenvalue weighted by atomic mass is 9.97. The van der Waals surface area contributed by atoms with Crippen LogP contribution in [0.5, 0.6) is 0 Å². The van der Waals surface area contributed by atoms with Crippen LogP contribution in [0.2, 0.25) is 0 Å². The smallest absolute Gasteiger partial charge is 0.230 e. The van der Waals surface area contributed by atoms with E-state index in [0.29, 0.717) is 12.3 Å². The number of nitrogens with one attached hydrogen (secondary N) is 2. The highest BCUT2D eigenvalue weighted by Gasteiger charge is 2.09. The van der Waals surface area contributed by atoms with Crippen LogP contribution in [0.4, 0.5) is 5.13 Å². The molecule has 1 aliphatic carbocycles. The quantitative estimate of drug-likeness (QED) is 0.510. The van der Waals surface area contributed by atoms with Gasteiger partial charge < -0.3 is 15.1 Å². The second kappa shape index (κ2) is 9.62. The summed E-state index contributed by atoms with van der Waals surface area (Å²) in [6, 6.07) is 3.75. The fourth-order valence-electron chi connectivity index (χ4n) is 2.59. The molecule has 0 radical (unpaired) electrons. The molecule has 134 valence electrons. The number of carbonyl (C=O) groups excluding carboxylic acids is 1. The third-order valence-corrected chi connectivity index (χ3v) is 5.89. The summed E-state index contributed by atoms with van der Waals surface area (Å²) in [5.41, 5.74) is 1.48. The van der Waals surface area contributed by atoms with Crippen molar-refractivity contribution in [1.82, 2.24) is 15.5 Å². The van der Waals surface area contributed by atoms with E-state index in [-0.39, 0.29) is 5.91 Å². The lowest BCUT2D eigenvalue weighted by molar-refractivity contribution is -0.118. The molecule has 25 heavy (non-hydrogen) atoms. The van der Waals surface area contributed by atoms with Crippen molar-refractivity contribution in [3.63, 3.8) is 0 Å². The van der Waals surface area contributed by atoms with E-state index in [9.17, 15) is 4.79 Å². The molecule has 0 saturated heterocycles. The van der Waals surface area contributed by atoms with Crippen LogP contribution in [-0.4, -0.2) is 28.4 Å². The maximum atomic E-state index is 11.9. The number of furan rings is 1. The molecule has 0 unspecified atom stereocenters. The Labute approximate surface area is 155 Å². The molecule has 0 bridgehead atoms. The summed E-state index contributed by atoms with van der Waals surface area (Å²) >= 11 is 2.86. The molecule has 0 spiro atoms. The van der Waals surface area contributed by atoms with E-state index in [1.165, 1.54) is 54.4 Å². The van der Waals surface area contributed by atoms with Gasteiger partial charge in [-0.15, -0.1) is 10.2 Å². The summed E-state index contributed by atoms with van der Waals surface area (Å²) in [7, 11) is 0. The SMILES string of the molecule is O=C(CSc1nnc(NCc2ccco2)s1)NCCC1=CCCCC1. The number of thioether (sulfide) groups is 1. The Balaban J connectivity index is 1.32. The van der Waals surface area contributed by atoms with Crippen molar-refractivity contribution in [2.24, 2.45) is 0 Å². The zero-order chi connectivity index (χ0) is 17.3. The van der Waals surface area contributed by atoms with E-state index in [0.717, 1.165) is 28.2 Å². The molecular formula is C17H22N4O2S2. The Morgan fingerprint density at radius 2 is 2.32 bits per heavy atom. The summed E-state index contributed by atoms with van der Waals surface area (Å²) in [6.45, 7) is 1.29. The van der Waals surface area contributed by atoms with Crippen LogP contribution in [0.3, 0.4) is 0 Å². The van der Waals surface area contributed by atoms with Crippen LogP contribution in [0.15, 0.2) is 38.8 Å². The minimum Gasteiger partial charge on any atom is -0.467 e. The average molecular weight is 379 g/mol. The van der Waals surface area contributed by atoms with E-state index in [2.05, 4.69) is 26.9 Å². The van der Waals surface area contributed by atoms with Crippen LogP contribution in [-0.2, 0) is 11.3 Å². The summed E-state index contributed by atoms with van der Waals surface area (Å²) in [5.74, 6) is 1.25. The maximum absolute atomic E-state index is 11.9. The van der Waals surface area contributed by atoms with Gasteiger partial charge in [-0.3, -0.25) is 4.79 Å². The van der Waals surface area contributed by atoms with Crippen molar-refractivity contribution >= 4 is 34.1 Å². The van der Waals surface area contributed by atoms with Crippen molar-refractivity contribution in [2.45, 2.75) is 43.0 Å². The van der Waals surface area contributed by atoms with Crippen molar-refractivity contribution in [2.75, 3.05) is 17.6 Å². The highest BCUT2D eigenvalue weighted by molar-refractivity contribution is 8.01. The molecule has 0 aliphatic heterocycles. The van der Waals surface area contributed by atoms with Gasteiger partial charge in [0.05, 0.1) is 18.6 Å². The highest BCUT2D eigenvalue weighted by Crippen LogP contribution is 2.25. The first-order valence-electron chi connectivity index (χ1n) is 8.47. The van der Waals surface area contributed by atoms with E-state index in [1.807, 2.05) is 12.1 Å². The van der Waals surface area contributed by atoms with E-state index in [4.69, 9.17) is 4.42 Å². The predicted octanol–water partition coefficient (Wildman–Crippen LogP) is 3.84. The molecule has 1 aliphatic rings. The molecule has 1 amide bonds. The lowest BCUT2D eigenvalue weighted by Gasteiger charge is -2.12. The number of carbonyl (C=O) groups is 1. The van der Waals surface area contributed by atoms with Gasteiger partial charge in [0.1, 0.15) is 5.76 Å². The fourth-order valence-corrected chi connectivity index (χ4v) is 4.17. The van der Waals surface area contributed by atoms with Crippen LogP contribution < -0.4 is 10.6 Å². The Kier molecular flexibility index (Phi) is 6.93. The number of anilines is 1. The van der Waals surface area contributed by atoms with Crippen molar-refractivity contribution < 1.29 is 9.21 Å². The zero-order valence-electron chi connectivity index (χ0n) is 14.0. The molecule has 3 rings (SSSR count). The third kappa shape index (κ3) is 6.21. The van der Waals surface area contributed by atoms with Gasteiger partial charge in [0, 0.05) is 6.54 Å². The van der Waals surface area contributed by atoms with Crippen LogP contribution in [0.25, 0.3) is 0 Å². The number of hydrogen-bond donors (Lipinski definition) is 2. The Morgan fingerprint density at radius 3 is 3.12 bits per heavy atom. The molecule has 8 heteroatoms. The van der Waals surface area contributed by atoms with Gasteiger partial charge in [-0.05, 0) is 44.2 Å². The second-order valence-electron chi connectivity index (χ2n) is 5.80. The van der Waals surface area contributed by atoms with Gasteiger partial charge in [0.2, 0.25) is 11.0 Å². The van der Waals surface area contributed by atoms with Crippen LogP contribution in [0.1, 0.15) is 37.9 Å². The largest absolute Gasteiger partial charge is 0.467 e. The maximum Gasteiger partial charge on any atom is 0.230 e. The van der Waals surface area contributed by atoms with E-state index < -0.39 is 0 Å². The first-order chi connectivity index (χ1) is 12.3. The molecule has 0 aromatic carbocycles. The summed E-state index contributed by atoms with van der Waals surface area (Å²) in [6.07, 6.45) is 9.88. The molecule has 0 saturated carbocycles. The number of nitrogens with zero attached hydrogens (tertiary/aromatic N) is 2. The predicted molar refractivity (Wildman–Crippen MR) is 101 cm³/mol. The van der Waals surface area contributed by atoms with Crippen molar-refractivity contribution in [1.29, 1.82) is 0 Å². The fraction of sp³-hybridized carbons (Fsp3) is 0.471. The molecule has 2 heterocycles. The number of hydrogen-bond acceptors (Lipinski definition) is 7. The monoisotopic (exact) mass is 378 g/mol. The van der Waals surface area contributed by atoms with Gasteiger partial charge in [0.15, 0.2) is 4.34 Å². The zero-order valence-corrected chi connectivity index (χ0v) is 15.6. The van der Waals surface area contributed by atoms with Gasteiger partial charge in [-0.1, -0.05) is 34.7 Å². The van der Waals surface area contributed by atoms with Gasteiger partial charge in [0.25, 0.3) is 0 Å². The highest BCUT2D eigenvalue weighted by atomic mass is 32.2. The number of allylic oxidation sites excluding steroid dienone is 1. The average Bonchev–Trinajstić information content (AvgIpc) is 3.31. The Morgan fingerprint density at radius 1 is 1.36 bits per heavy atom. The number of rotatable bonds is 9. The molecule has 0 atom stereocenters. The number of aromatic nitrogens is 2. The van der Waals surface area contributed by atoms with E-state index in [1.54, 1.807) is 6.26 Å².